The second kappa shape index (κ2) is 13.8. The SMILES string of the molecule is COc1ccc(C[C@H](NC(=O)OC2C3C[C@H]4C(OCC2[C@@H]4C)O3)C(O)CN(CC(C)(C)F)S(=O)(=O)c2ccc3nc(NC4CC4)sc3c2)cc1. The maximum atomic E-state index is 15.3. The Morgan fingerprint density at radius 3 is 2.66 bits per heavy atom. The number of hydrogen-bond donors (Lipinski definition) is 3. The molecule has 2 aromatic carbocycles. The molecule has 2 aliphatic carbocycles. The fourth-order valence-electron chi connectivity index (χ4n) is 7.34. The minimum absolute atomic E-state index is 0.0305. The van der Waals surface area contributed by atoms with Crippen molar-refractivity contribution in [2.24, 2.45) is 17.8 Å². The molecule has 7 rings (SSSR count). The van der Waals surface area contributed by atoms with E-state index in [9.17, 15) is 18.3 Å². The van der Waals surface area contributed by atoms with Gasteiger partial charge in [0.25, 0.3) is 0 Å². The quantitative estimate of drug-likeness (QED) is 0.213. The number of carbonyl (C=O) groups excluding carboxylic acids is 1. The van der Waals surface area contributed by atoms with Gasteiger partial charge in [0.15, 0.2) is 11.4 Å². The molecule has 4 aliphatic rings. The van der Waals surface area contributed by atoms with Gasteiger partial charge in [-0.1, -0.05) is 30.4 Å². The third-order valence-corrected chi connectivity index (χ3v) is 13.0. The maximum Gasteiger partial charge on any atom is 0.407 e. The average molecular weight is 733 g/mol. The van der Waals surface area contributed by atoms with Gasteiger partial charge in [-0.15, -0.1) is 0 Å². The van der Waals surface area contributed by atoms with Crippen molar-refractivity contribution in [3.8, 4) is 5.75 Å². The zero-order chi connectivity index (χ0) is 35.4. The van der Waals surface area contributed by atoms with E-state index in [1.807, 2.05) is 0 Å². The van der Waals surface area contributed by atoms with Gasteiger partial charge in [-0.25, -0.2) is 22.6 Å². The van der Waals surface area contributed by atoms with E-state index in [4.69, 9.17) is 18.9 Å². The molecule has 8 atom stereocenters. The van der Waals surface area contributed by atoms with E-state index in [1.165, 1.54) is 37.3 Å². The number of ether oxygens (including phenoxy) is 4. The summed E-state index contributed by atoms with van der Waals surface area (Å²) in [7, 11) is -2.75. The summed E-state index contributed by atoms with van der Waals surface area (Å²) in [5.74, 6) is 1.11. The zero-order valence-corrected chi connectivity index (χ0v) is 30.2. The standard InChI is InChI=1S/C35H45FN4O8S2/c1-19-24-15-29-31(25(19)17-46-32(24)47-29)48-34(42)39-27(13-20-5-9-22(45-4)10-6-20)28(41)16-40(18-35(2,3)36)50(43,44)23-11-12-26-30(14-23)49-33(38-26)37-21-7-8-21/h5-6,9-12,14,19,21,24-25,27-29,31-32,41H,7-8,13,15-18H2,1-4H3,(H,37,38)(H,39,42)/t19-,24-,25?,27+,28?,29?,31?,32?/m1/s1. The zero-order valence-electron chi connectivity index (χ0n) is 28.6. The second-order valence-corrected chi connectivity index (χ2v) is 17.6. The first-order valence-corrected chi connectivity index (χ1v) is 19.4. The van der Waals surface area contributed by atoms with Crippen molar-refractivity contribution in [1.82, 2.24) is 14.6 Å². The monoisotopic (exact) mass is 732 g/mol. The Kier molecular flexibility index (Phi) is 9.76. The number of thiazole rings is 1. The highest BCUT2D eigenvalue weighted by Crippen LogP contribution is 2.50. The van der Waals surface area contributed by atoms with Gasteiger partial charge in [-0.2, -0.15) is 4.31 Å². The lowest BCUT2D eigenvalue weighted by atomic mass is 9.70. The van der Waals surface area contributed by atoms with E-state index >= 15 is 4.39 Å². The van der Waals surface area contributed by atoms with Crippen LogP contribution in [0.15, 0.2) is 47.4 Å². The molecule has 4 fully saturated rings. The van der Waals surface area contributed by atoms with Crippen molar-refractivity contribution >= 4 is 42.8 Å². The number of aliphatic hydroxyl groups is 1. The van der Waals surface area contributed by atoms with E-state index in [2.05, 4.69) is 22.5 Å². The topological polar surface area (TPSA) is 149 Å². The number of halogens is 1. The van der Waals surface area contributed by atoms with Crippen LogP contribution in [-0.2, 0) is 30.7 Å². The van der Waals surface area contributed by atoms with Gasteiger partial charge in [-0.3, -0.25) is 0 Å². The van der Waals surface area contributed by atoms with E-state index < -0.39 is 53.1 Å². The normalized spacial score (nSPS) is 27.3. The highest BCUT2D eigenvalue weighted by Gasteiger charge is 2.57. The van der Waals surface area contributed by atoms with Crippen molar-refractivity contribution in [2.45, 2.75) is 93.7 Å². The van der Waals surface area contributed by atoms with E-state index in [0.717, 1.165) is 34.3 Å². The Morgan fingerprint density at radius 2 is 1.96 bits per heavy atom. The number of sulfonamides is 1. The highest BCUT2D eigenvalue weighted by atomic mass is 32.2. The van der Waals surface area contributed by atoms with Crippen LogP contribution in [0, 0.1) is 17.8 Å². The first kappa shape index (κ1) is 35.3. The van der Waals surface area contributed by atoms with Crippen LogP contribution in [0.3, 0.4) is 0 Å². The van der Waals surface area contributed by atoms with Gasteiger partial charge in [0.1, 0.15) is 17.5 Å². The lowest BCUT2D eigenvalue weighted by molar-refractivity contribution is -0.167. The molecule has 2 aliphatic heterocycles. The summed E-state index contributed by atoms with van der Waals surface area (Å²) in [5, 5.41) is 18.6. The smallest absolute Gasteiger partial charge is 0.407 e. The fourth-order valence-corrected chi connectivity index (χ4v) is 10.0. The van der Waals surface area contributed by atoms with Crippen LogP contribution in [-0.4, -0.2) is 98.1 Å². The van der Waals surface area contributed by atoms with Crippen molar-refractivity contribution in [3.63, 3.8) is 0 Å². The Morgan fingerprint density at radius 1 is 1.20 bits per heavy atom. The molecule has 3 aromatic rings. The number of benzene rings is 2. The number of fused-ring (bicyclic) bond motifs is 3. The van der Waals surface area contributed by atoms with Crippen molar-refractivity contribution in [1.29, 1.82) is 0 Å². The number of rotatable bonds is 14. The number of anilines is 1. The van der Waals surface area contributed by atoms with Crippen LogP contribution < -0.4 is 15.4 Å². The molecular formula is C35H45FN4O8S2. The Bertz CT molecular complexity index is 1800. The molecule has 0 spiro atoms. The molecule has 2 saturated carbocycles. The number of aromatic nitrogens is 1. The number of carbonyl (C=O) groups is 1. The fraction of sp³-hybridized carbons (Fsp3) is 0.600. The minimum Gasteiger partial charge on any atom is -0.497 e. The lowest BCUT2D eigenvalue weighted by Crippen LogP contribution is -2.54. The van der Waals surface area contributed by atoms with Gasteiger partial charge < -0.3 is 34.7 Å². The third-order valence-electron chi connectivity index (χ3n) is 10.2. The van der Waals surface area contributed by atoms with E-state index in [0.29, 0.717) is 28.6 Å². The van der Waals surface area contributed by atoms with Crippen molar-refractivity contribution < 1.29 is 41.7 Å². The molecule has 0 radical (unpaired) electrons. The number of alkyl carbamates (subject to hydrolysis) is 1. The van der Waals surface area contributed by atoms with Crippen LogP contribution in [0.1, 0.15) is 45.6 Å². The number of aliphatic hydroxyl groups excluding tert-OH is 1. The third kappa shape index (κ3) is 7.58. The predicted octanol–water partition coefficient (Wildman–Crippen LogP) is 4.71. The molecular weight excluding hydrogens is 688 g/mol. The van der Waals surface area contributed by atoms with Gasteiger partial charge in [0.05, 0.1) is 47.1 Å². The molecule has 3 bridgehead atoms. The van der Waals surface area contributed by atoms with E-state index in [-0.39, 0.29) is 41.5 Å². The number of amides is 1. The Balaban J connectivity index is 1.12. The number of methoxy groups -OCH3 is 1. The van der Waals surface area contributed by atoms with Crippen molar-refractivity contribution in [3.05, 3.63) is 48.0 Å². The first-order valence-electron chi connectivity index (χ1n) is 17.2. The lowest BCUT2D eigenvalue weighted by Gasteiger charge is -2.42. The molecule has 3 N–H and O–H groups in total. The molecule has 1 amide bonds. The van der Waals surface area contributed by atoms with Crippen LogP contribution in [0.2, 0.25) is 0 Å². The number of nitrogens with zero attached hydrogens (tertiary/aromatic N) is 2. The predicted molar refractivity (Wildman–Crippen MR) is 185 cm³/mol. The molecule has 12 nitrogen and oxygen atoms in total. The molecule has 2 saturated heterocycles. The summed E-state index contributed by atoms with van der Waals surface area (Å²) in [4.78, 5) is 18.1. The van der Waals surface area contributed by atoms with E-state index in [1.54, 1.807) is 37.4 Å². The summed E-state index contributed by atoms with van der Waals surface area (Å²) in [6.07, 6.45) is -0.302. The number of hydrogen-bond acceptors (Lipinski definition) is 11. The number of nitrogens with one attached hydrogen (secondary N) is 2. The van der Waals surface area contributed by atoms with Gasteiger partial charge in [-0.05, 0) is 81.3 Å². The summed E-state index contributed by atoms with van der Waals surface area (Å²) in [6.45, 7) is 4.10. The molecule has 1 aromatic heterocycles. The summed E-state index contributed by atoms with van der Waals surface area (Å²) >= 11 is 1.36. The molecule has 272 valence electrons. The van der Waals surface area contributed by atoms with Crippen LogP contribution in [0.4, 0.5) is 14.3 Å². The number of alkyl halides is 1. The summed E-state index contributed by atoms with van der Waals surface area (Å²) in [5.41, 5.74) is -0.525. The Hall–Kier alpha value is -3.08. The van der Waals surface area contributed by atoms with Gasteiger partial charge in [0, 0.05) is 31.0 Å². The van der Waals surface area contributed by atoms with Crippen LogP contribution >= 0.6 is 11.3 Å². The maximum absolute atomic E-state index is 15.3. The summed E-state index contributed by atoms with van der Waals surface area (Å²) < 4.78 is 68.4. The Labute approximate surface area is 295 Å². The largest absolute Gasteiger partial charge is 0.497 e. The second-order valence-electron chi connectivity index (χ2n) is 14.6. The van der Waals surface area contributed by atoms with Crippen molar-refractivity contribution in [2.75, 3.05) is 32.1 Å². The van der Waals surface area contributed by atoms with Gasteiger partial charge >= 0.3 is 6.09 Å². The molecule has 15 heteroatoms. The minimum atomic E-state index is -4.31. The van der Waals surface area contributed by atoms with Gasteiger partial charge in [0.2, 0.25) is 10.0 Å². The molecule has 3 heterocycles. The summed E-state index contributed by atoms with van der Waals surface area (Å²) in [6, 6.07) is 11.1. The highest BCUT2D eigenvalue weighted by molar-refractivity contribution is 7.89. The van der Waals surface area contributed by atoms with Crippen LogP contribution in [0.25, 0.3) is 10.2 Å². The van der Waals surface area contributed by atoms with Crippen LogP contribution in [0.5, 0.6) is 5.75 Å². The molecule has 5 unspecified atom stereocenters. The molecule has 50 heavy (non-hydrogen) atoms. The average Bonchev–Trinajstić information content (AvgIpc) is 3.68. The first-order chi connectivity index (χ1) is 23.8.